The lowest BCUT2D eigenvalue weighted by Crippen LogP contribution is -2.13. The summed E-state index contributed by atoms with van der Waals surface area (Å²) in [7, 11) is -2.42. The molecule has 4 rings (SSSR count). The number of sulfonamides is 1. The van der Waals surface area contributed by atoms with Crippen molar-refractivity contribution in [3.05, 3.63) is 82.3 Å². The van der Waals surface area contributed by atoms with Gasteiger partial charge in [-0.15, -0.1) is 0 Å². The van der Waals surface area contributed by atoms with Gasteiger partial charge < -0.3 is 9.15 Å². The molecule has 4 aromatic rings. The van der Waals surface area contributed by atoms with Crippen LogP contribution in [0, 0.1) is 0 Å². The van der Waals surface area contributed by atoms with Gasteiger partial charge in [0.2, 0.25) is 0 Å². The third kappa shape index (κ3) is 3.72. The molecule has 1 N–H and O–H groups in total. The maximum absolute atomic E-state index is 12.9. The molecular weight excluding hydrogens is 416 g/mol. The zero-order chi connectivity index (χ0) is 20.6. The second-order valence-corrected chi connectivity index (χ2v) is 8.28. The van der Waals surface area contributed by atoms with Gasteiger partial charge in [0.25, 0.3) is 10.0 Å². The van der Waals surface area contributed by atoms with Crippen molar-refractivity contribution in [2.75, 3.05) is 4.72 Å². The van der Waals surface area contributed by atoms with Gasteiger partial charge in [0.15, 0.2) is 11.3 Å². The summed E-state index contributed by atoms with van der Waals surface area (Å²) < 4.78 is 40.4. The average molecular weight is 431 g/mol. The number of aryl methyl sites for hydroxylation is 1. The van der Waals surface area contributed by atoms with Crippen molar-refractivity contribution in [2.24, 2.45) is 7.05 Å². The summed E-state index contributed by atoms with van der Waals surface area (Å²) in [6, 6.07) is 17.7. The monoisotopic (exact) mass is 430 g/mol. The Balaban J connectivity index is 1.68. The molecule has 3 aromatic carbocycles. The number of oxazole rings is 1. The van der Waals surface area contributed by atoms with Crippen LogP contribution in [0.3, 0.4) is 0 Å². The molecule has 0 aliphatic rings. The lowest BCUT2D eigenvalue weighted by molar-refractivity contribution is 0.485. The SMILES string of the molecule is Cn1c(=O)oc2cc(S(=O)(=O)Nc3ccccc3Oc3ccccc3Cl)ccc21. The van der Waals surface area contributed by atoms with Crippen molar-refractivity contribution in [3.8, 4) is 11.5 Å². The summed E-state index contributed by atoms with van der Waals surface area (Å²) in [5.74, 6) is 0.116. The lowest BCUT2D eigenvalue weighted by atomic mass is 10.3. The van der Waals surface area contributed by atoms with E-state index in [2.05, 4.69) is 4.72 Å². The molecule has 0 aliphatic heterocycles. The first-order chi connectivity index (χ1) is 13.8. The number of hydrogen-bond acceptors (Lipinski definition) is 5. The molecule has 0 radical (unpaired) electrons. The maximum Gasteiger partial charge on any atom is 0.419 e. The van der Waals surface area contributed by atoms with Crippen LogP contribution in [0.15, 0.2) is 80.8 Å². The molecule has 0 spiro atoms. The number of halogens is 1. The van der Waals surface area contributed by atoms with Gasteiger partial charge in [-0.1, -0.05) is 35.9 Å². The van der Waals surface area contributed by atoms with Gasteiger partial charge in [0, 0.05) is 13.1 Å². The van der Waals surface area contributed by atoms with Gasteiger partial charge >= 0.3 is 5.76 Å². The third-order valence-corrected chi connectivity index (χ3v) is 5.94. The summed E-state index contributed by atoms with van der Waals surface area (Å²) in [6.45, 7) is 0. The Labute approximate surface area is 171 Å². The van der Waals surface area contributed by atoms with Crippen molar-refractivity contribution >= 4 is 38.4 Å². The molecule has 9 heteroatoms. The largest absolute Gasteiger partial charge is 0.454 e. The zero-order valence-corrected chi connectivity index (χ0v) is 16.7. The second-order valence-electron chi connectivity index (χ2n) is 6.19. The Morgan fingerprint density at radius 3 is 2.45 bits per heavy atom. The highest BCUT2D eigenvalue weighted by Gasteiger charge is 2.19. The minimum absolute atomic E-state index is 0.0492. The first-order valence-corrected chi connectivity index (χ1v) is 10.3. The zero-order valence-electron chi connectivity index (χ0n) is 15.1. The number of nitrogens with one attached hydrogen (secondary N) is 1. The fourth-order valence-electron chi connectivity index (χ4n) is 2.77. The predicted molar refractivity (Wildman–Crippen MR) is 110 cm³/mol. The Morgan fingerprint density at radius 2 is 1.69 bits per heavy atom. The molecule has 0 unspecified atom stereocenters. The number of aromatic nitrogens is 1. The smallest absolute Gasteiger partial charge is 0.419 e. The minimum atomic E-state index is -3.97. The van der Waals surface area contributed by atoms with Crippen molar-refractivity contribution in [1.82, 2.24) is 4.57 Å². The normalized spacial score (nSPS) is 11.5. The van der Waals surface area contributed by atoms with Crippen LogP contribution in [0.2, 0.25) is 5.02 Å². The number of rotatable bonds is 5. The third-order valence-electron chi connectivity index (χ3n) is 4.26. The van der Waals surface area contributed by atoms with Crippen LogP contribution in [-0.2, 0) is 17.1 Å². The molecule has 0 saturated carbocycles. The first kappa shape index (κ1) is 19.1. The molecule has 0 bridgehead atoms. The van der Waals surface area contributed by atoms with Gasteiger partial charge in [-0.3, -0.25) is 9.29 Å². The van der Waals surface area contributed by atoms with Crippen LogP contribution in [0.25, 0.3) is 11.1 Å². The predicted octanol–water partition coefficient (Wildman–Crippen LogP) is 4.38. The molecule has 148 valence electrons. The molecule has 0 saturated heterocycles. The van der Waals surface area contributed by atoms with Crippen LogP contribution >= 0.6 is 11.6 Å². The Kier molecular flexibility index (Phi) is 4.81. The topological polar surface area (TPSA) is 90.5 Å². The van der Waals surface area contributed by atoms with E-state index in [9.17, 15) is 13.2 Å². The van der Waals surface area contributed by atoms with Crippen molar-refractivity contribution in [1.29, 1.82) is 0 Å². The van der Waals surface area contributed by atoms with E-state index in [1.807, 2.05) is 0 Å². The molecule has 1 heterocycles. The summed E-state index contributed by atoms with van der Waals surface area (Å²) >= 11 is 6.12. The van der Waals surface area contributed by atoms with Crippen LogP contribution in [0.5, 0.6) is 11.5 Å². The number of benzene rings is 3. The molecule has 0 amide bonds. The van der Waals surface area contributed by atoms with E-state index in [-0.39, 0.29) is 21.9 Å². The van der Waals surface area contributed by atoms with E-state index < -0.39 is 15.8 Å². The fourth-order valence-corrected chi connectivity index (χ4v) is 4.03. The number of para-hydroxylation sites is 3. The van der Waals surface area contributed by atoms with E-state index in [0.717, 1.165) is 0 Å². The summed E-state index contributed by atoms with van der Waals surface area (Å²) in [5.41, 5.74) is 0.916. The average Bonchev–Trinajstić information content (AvgIpc) is 2.98. The lowest BCUT2D eigenvalue weighted by Gasteiger charge is -2.14. The van der Waals surface area contributed by atoms with E-state index in [0.29, 0.717) is 16.3 Å². The summed E-state index contributed by atoms with van der Waals surface area (Å²) in [6.07, 6.45) is 0. The number of fused-ring (bicyclic) bond motifs is 1. The van der Waals surface area contributed by atoms with Crippen LogP contribution in [0.1, 0.15) is 0 Å². The van der Waals surface area contributed by atoms with Crippen LogP contribution < -0.4 is 15.2 Å². The molecule has 29 heavy (non-hydrogen) atoms. The van der Waals surface area contributed by atoms with E-state index in [1.165, 1.54) is 22.8 Å². The van der Waals surface area contributed by atoms with E-state index in [4.69, 9.17) is 20.8 Å². The molecule has 0 atom stereocenters. The Morgan fingerprint density at radius 1 is 1.00 bits per heavy atom. The van der Waals surface area contributed by atoms with Gasteiger partial charge in [-0.25, -0.2) is 13.2 Å². The number of anilines is 1. The summed E-state index contributed by atoms with van der Waals surface area (Å²) in [4.78, 5) is 11.6. The highest BCUT2D eigenvalue weighted by atomic mass is 35.5. The van der Waals surface area contributed by atoms with Crippen molar-refractivity contribution in [2.45, 2.75) is 4.90 Å². The molecule has 0 fully saturated rings. The first-order valence-electron chi connectivity index (χ1n) is 8.49. The van der Waals surface area contributed by atoms with Gasteiger partial charge in [-0.2, -0.15) is 0 Å². The number of nitrogens with zero attached hydrogens (tertiary/aromatic N) is 1. The number of hydrogen-bond donors (Lipinski definition) is 1. The van der Waals surface area contributed by atoms with Gasteiger partial charge in [-0.05, 0) is 36.4 Å². The fraction of sp³-hybridized carbons (Fsp3) is 0.0500. The molecule has 1 aromatic heterocycles. The standard InChI is InChI=1S/C20H15ClN2O5S/c1-23-16-11-10-13(12-19(16)28-20(23)24)29(25,26)22-15-7-3-5-9-18(15)27-17-8-4-2-6-14(17)21/h2-12,22H,1H3. The highest BCUT2D eigenvalue weighted by molar-refractivity contribution is 7.92. The Bertz CT molecular complexity index is 1380. The highest BCUT2D eigenvalue weighted by Crippen LogP contribution is 2.34. The second kappa shape index (κ2) is 7.31. The van der Waals surface area contributed by atoms with E-state index in [1.54, 1.807) is 55.6 Å². The number of ether oxygens (including phenoxy) is 1. The Hall–Kier alpha value is -3.23. The van der Waals surface area contributed by atoms with E-state index >= 15 is 0 Å². The van der Waals surface area contributed by atoms with Gasteiger partial charge in [0.1, 0.15) is 5.75 Å². The molecule has 7 nitrogen and oxygen atoms in total. The maximum atomic E-state index is 12.9. The van der Waals surface area contributed by atoms with Crippen molar-refractivity contribution in [3.63, 3.8) is 0 Å². The molecular formula is C20H15ClN2O5S. The molecule has 0 aliphatic carbocycles. The minimum Gasteiger partial charge on any atom is -0.454 e. The summed E-state index contributed by atoms with van der Waals surface area (Å²) in [5, 5.41) is 0.398. The quantitative estimate of drug-likeness (QED) is 0.507. The van der Waals surface area contributed by atoms with Crippen molar-refractivity contribution < 1.29 is 17.6 Å². The van der Waals surface area contributed by atoms with Gasteiger partial charge in [0.05, 0.1) is 21.1 Å². The van der Waals surface area contributed by atoms with Crippen LogP contribution in [-0.4, -0.2) is 13.0 Å². The van der Waals surface area contributed by atoms with Crippen LogP contribution in [0.4, 0.5) is 5.69 Å².